The first-order valence-corrected chi connectivity index (χ1v) is 5.12. The Kier molecular flexibility index (Phi) is 10.4. The quantitative estimate of drug-likeness (QED) is 0.250. The Morgan fingerprint density at radius 1 is 0.789 bits per heavy atom. The maximum atomic E-state index is 11.8. The van der Waals surface area contributed by atoms with Crippen LogP contribution in [0.25, 0.3) is 0 Å². The Labute approximate surface area is 123 Å². The maximum absolute atomic E-state index is 11.8. The fraction of sp³-hybridized carbons (Fsp3) is 0.154. The summed E-state index contributed by atoms with van der Waals surface area (Å²) in [6, 6.07) is 0. The standard InChI is InChI=1S/C13H14O5.Ru/c1-3-5-7-9(12(15)16)11(14)10(13(17)18)8-6-4-2;/h3-8H,1-2H3,(H,15,16)(H,17,18);. The van der Waals surface area contributed by atoms with E-state index in [-0.39, 0.29) is 19.5 Å². The van der Waals surface area contributed by atoms with Crippen LogP contribution in [-0.2, 0) is 33.9 Å². The summed E-state index contributed by atoms with van der Waals surface area (Å²) in [7, 11) is 0. The van der Waals surface area contributed by atoms with Crippen LogP contribution in [0.15, 0.2) is 47.6 Å². The number of allylic oxidation sites excluding steroid dienone is 6. The number of carbonyl (C=O) groups is 3. The molecule has 0 aliphatic carbocycles. The molecule has 0 saturated carbocycles. The molecule has 0 radical (unpaired) electrons. The van der Waals surface area contributed by atoms with Crippen LogP contribution < -0.4 is 0 Å². The van der Waals surface area contributed by atoms with Crippen molar-refractivity contribution in [2.75, 3.05) is 0 Å². The average molecular weight is 351 g/mol. The van der Waals surface area contributed by atoms with E-state index >= 15 is 0 Å². The van der Waals surface area contributed by atoms with Crippen LogP contribution in [0.4, 0.5) is 0 Å². The summed E-state index contributed by atoms with van der Waals surface area (Å²) in [6.07, 6.45) is 7.92. The van der Waals surface area contributed by atoms with Gasteiger partial charge in [-0.25, -0.2) is 9.59 Å². The molecule has 0 aliphatic heterocycles. The third-order valence-electron chi connectivity index (χ3n) is 1.86. The summed E-state index contributed by atoms with van der Waals surface area (Å²) >= 11 is 0. The summed E-state index contributed by atoms with van der Waals surface area (Å²) in [6.45, 7) is 3.29. The topological polar surface area (TPSA) is 91.7 Å². The Balaban J connectivity index is 0. The molecule has 2 N–H and O–H groups in total. The van der Waals surface area contributed by atoms with Gasteiger partial charge in [-0.1, -0.05) is 24.3 Å². The van der Waals surface area contributed by atoms with Crippen LogP contribution in [0.2, 0.25) is 0 Å². The minimum absolute atomic E-state index is 0. The van der Waals surface area contributed by atoms with E-state index in [0.717, 1.165) is 12.2 Å². The third kappa shape index (κ3) is 6.62. The molecule has 0 aromatic rings. The smallest absolute Gasteiger partial charge is 0.339 e. The van der Waals surface area contributed by atoms with E-state index in [9.17, 15) is 14.4 Å². The molecule has 0 aromatic carbocycles. The van der Waals surface area contributed by atoms with Crippen LogP contribution in [-0.4, -0.2) is 27.9 Å². The van der Waals surface area contributed by atoms with E-state index in [1.54, 1.807) is 13.8 Å². The number of rotatable bonds is 6. The molecule has 0 atom stereocenters. The molecule has 5 nitrogen and oxygen atoms in total. The van der Waals surface area contributed by atoms with Crippen molar-refractivity contribution >= 4 is 17.7 Å². The summed E-state index contributed by atoms with van der Waals surface area (Å²) < 4.78 is 0. The minimum Gasteiger partial charge on any atom is -0.478 e. The molecule has 0 aliphatic rings. The van der Waals surface area contributed by atoms with E-state index in [1.165, 1.54) is 24.3 Å². The molecule has 0 fully saturated rings. The third-order valence-corrected chi connectivity index (χ3v) is 1.86. The molecule has 0 saturated heterocycles. The van der Waals surface area contributed by atoms with E-state index in [0.29, 0.717) is 0 Å². The van der Waals surface area contributed by atoms with Crippen molar-refractivity contribution < 1.29 is 44.1 Å². The molecule has 0 aromatic heterocycles. The molecule has 0 spiro atoms. The number of carboxylic acid groups (broad SMARTS) is 2. The van der Waals surface area contributed by atoms with Crippen LogP contribution in [0.3, 0.4) is 0 Å². The normalized spacial score (nSPS) is 12.5. The van der Waals surface area contributed by atoms with E-state index in [4.69, 9.17) is 10.2 Å². The molecular formula is C13H14O5Ru. The van der Waals surface area contributed by atoms with Gasteiger partial charge in [-0.3, -0.25) is 4.79 Å². The average Bonchev–Trinajstić information content (AvgIpc) is 2.29. The van der Waals surface area contributed by atoms with Crippen molar-refractivity contribution in [1.82, 2.24) is 0 Å². The number of hydrogen-bond donors (Lipinski definition) is 2. The Morgan fingerprint density at radius 3 is 1.32 bits per heavy atom. The minimum atomic E-state index is -1.47. The molecule has 0 heterocycles. The largest absolute Gasteiger partial charge is 0.478 e. The summed E-state index contributed by atoms with van der Waals surface area (Å²) in [5.41, 5.74) is -1.18. The summed E-state index contributed by atoms with van der Waals surface area (Å²) in [5.74, 6) is -3.97. The van der Waals surface area contributed by atoms with Gasteiger partial charge in [0.05, 0.1) is 0 Å². The van der Waals surface area contributed by atoms with Crippen LogP contribution >= 0.6 is 0 Å². The van der Waals surface area contributed by atoms with E-state index in [1.807, 2.05) is 0 Å². The van der Waals surface area contributed by atoms with Gasteiger partial charge in [0.15, 0.2) is 0 Å². The molecule has 19 heavy (non-hydrogen) atoms. The summed E-state index contributed by atoms with van der Waals surface area (Å²) in [5, 5.41) is 17.7. The molecule has 0 amide bonds. The first-order valence-electron chi connectivity index (χ1n) is 5.12. The van der Waals surface area contributed by atoms with Crippen LogP contribution in [0.5, 0.6) is 0 Å². The van der Waals surface area contributed by atoms with Gasteiger partial charge in [-0.15, -0.1) is 0 Å². The molecule has 0 unspecified atom stereocenters. The molecule has 6 heteroatoms. The second kappa shape index (κ2) is 10.1. The monoisotopic (exact) mass is 352 g/mol. The second-order valence-electron chi connectivity index (χ2n) is 3.15. The SMILES string of the molecule is CC=CC=C(C(=O)O)C(=O)C(=CC=CC)C(=O)O.[Ru]. The number of hydrogen-bond acceptors (Lipinski definition) is 3. The zero-order valence-corrected chi connectivity index (χ0v) is 12.2. The van der Waals surface area contributed by atoms with Crippen molar-refractivity contribution in [3.63, 3.8) is 0 Å². The van der Waals surface area contributed by atoms with Gasteiger partial charge >= 0.3 is 11.9 Å². The number of carboxylic acids is 2. The summed E-state index contributed by atoms with van der Waals surface area (Å²) in [4.78, 5) is 33.5. The predicted molar refractivity (Wildman–Crippen MR) is 66.1 cm³/mol. The molecular weight excluding hydrogens is 337 g/mol. The van der Waals surface area contributed by atoms with Crippen LogP contribution in [0.1, 0.15) is 13.8 Å². The zero-order valence-electron chi connectivity index (χ0n) is 10.4. The second-order valence-corrected chi connectivity index (χ2v) is 3.15. The van der Waals surface area contributed by atoms with Crippen LogP contribution in [0, 0.1) is 0 Å². The van der Waals surface area contributed by atoms with Gasteiger partial charge in [-0.2, -0.15) is 0 Å². The van der Waals surface area contributed by atoms with E-state index < -0.39 is 28.9 Å². The first kappa shape index (κ1) is 19.5. The van der Waals surface area contributed by atoms with Gasteiger partial charge in [0.2, 0.25) is 5.78 Å². The number of Topliss-reactive ketones (excluding diaryl/α,β-unsaturated/α-hetero) is 1. The number of aliphatic carboxylic acids is 2. The number of ketones is 1. The van der Waals surface area contributed by atoms with Crippen molar-refractivity contribution in [3.8, 4) is 0 Å². The van der Waals surface area contributed by atoms with Gasteiger partial charge in [0.25, 0.3) is 0 Å². The molecule has 0 bridgehead atoms. The molecule has 104 valence electrons. The van der Waals surface area contributed by atoms with E-state index in [2.05, 4.69) is 0 Å². The maximum Gasteiger partial charge on any atom is 0.339 e. The van der Waals surface area contributed by atoms with Gasteiger partial charge in [-0.05, 0) is 26.0 Å². The van der Waals surface area contributed by atoms with Gasteiger partial charge in [0, 0.05) is 19.5 Å². The fourth-order valence-corrected chi connectivity index (χ4v) is 1.02. The first-order chi connectivity index (χ1) is 8.45. The Hall–Kier alpha value is -1.81. The van der Waals surface area contributed by atoms with Crippen molar-refractivity contribution in [2.24, 2.45) is 0 Å². The van der Waals surface area contributed by atoms with Gasteiger partial charge < -0.3 is 10.2 Å². The van der Waals surface area contributed by atoms with Crippen molar-refractivity contribution in [3.05, 3.63) is 47.6 Å². The molecule has 0 rings (SSSR count). The Morgan fingerprint density at radius 2 is 1.11 bits per heavy atom. The van der Waals surface area contributed by atoms with Gasteiger partial charge in [0.1, 0.15) is 11.1 Å². The zero-order chi connectivity index (χ0) is 14.1. The fourth-order valence-electron chi connectivity index (χ4n) is 1.02. The Bertz CT molecular complexity index is 427. The number of carbonyl (C=O) groups excluding carboxylic acids is 1. The van der Waals surface area contributed by atoms with Crippen molar-refractivity contribution in [1.29, 1.82) is 0 Å². The predicted octanol–water partition coefficient (Wildman–Crippen LogP) is 1.73. The van der Waals surface area contributed by atoms with Crippen molar-refractivity contribution in [2.45, 2.75) is 13.8 Å².